The van der Waals surface area contributed by atoms with Crippen molar-refractivity contribution in [3.05, 3.63) is 0 Å². The number of amides is 1. The number of ether oxygens (including phenoxy) is 2. The molecular weight excluding hydrogens is 326 g/mol. The lowest BCUT2D eigenvalue weighted by atomic mass is 9.73. The molecule has 0 N–H and O–H groups in total. The van der Waals surface area contributed by atoms with Gasteiger partial charge in [-0.15, -0.1) is 0 Å². The fourth-order valence-electron chi connectivity index (χ4n) is 2.53. The Bertz CT molecular complexity index is 628. The molecule has 1 amide bonds. The molecule has 1 unspecified atom stereocenters. The van der Waals surface area contributed by atoms with Gasteiger partial charge in [0.1, 0.15) is 17.3 Å². The minimum absolute atomic E-state index is 0.144. The molecule has 0 aromatic rings. The van der Waals surface area contributed by atoms with Crippen LogP contribution in [-0.4, -0.2) is 47.6 Å². The van der Waals surface area contributed by atoms with Gasteiger partial charge in [0.15, 0.2) is 5.54 Å². The van der Waals surface area contributed by atoms with E-state index in [0.717, 1.165) is 0 Å². The molecule has 0 radical (unpaired) electrons. The Hall–Kier alpha value is -1.35. The van der Waals surface area contributed by atoms with Gasteiger partial charge >= 0.3 is 22.4 Å². The maximum atomic E-state index is 12.6. The first-order valence-electron chi connectivity index (χ1n) is 7.39. The molecule has 1 aliphatic carbocycles. The summed E-state index contributed by atoms with van der Waals surface area (Å²) in [5, 5.41) is 0. The van der Waals surface area contributed by atoms with Crippen molar-refractivity contribution in [1.29, 1.82) is 0 Å². The van der Waals surface area contributed by atoms with Gasteiger partial charge in [-0.25, -0.2) is 13.8 Å². The van der Waals surface area contributed by atoms with Gasteiger partial charge in [-0.2, -0.15) is 12.7 Å². The first kappa shape index (κ1) is 18.0. The highest BCUT2D eigenvalue weighted by Crippen LogP contribution is 2.50. The van der Waals surface area contributed by atoms with Crippen LogP contribution < -0.4 is 0 Å². The van der Waals surface area contributed by atoms with Crippen LogP contribution in [0, 0.1) is 0 Å². The van der Waals surface area contributed by atoms with Crippen LogP contribution in [0.25, 0.3) is 0 Å². The van der Waals surface area contributed by atoms with Crippen molar-refractivity contribution in [3.63, 3.8) is 0 Å². The van der Waals surface area contributed by atoms with Crippen LogP contribution in [0.3, 0.4) is 0 Å². The molecule has 1 aliphatic heterocycles. The van der Waals surface area contributed by atoms with Gasteiger partial charge in [0, 0.05) is 0 Å². The molecule has 2 rings (SSSR count). The third-order valence-electron chi connectivity index (χ3n) is 3.46. The summed E-state index contributed by atoms with van der Waals surface area (Å²) >= 11 is 0. The molecule has 132 valence electrons. The monoisotopic (exact) mass is 349 g/mol. The molecule has 8 nitrogen and oxygen atoms in total. The molecule has 0 spiro atoms. The molecule has 1 saturated carbocycles. The summed E-state index contributed by atoms with van der Waals surface area (Å²) < 4.78 is 40.2. The van der Waals surface area contributed by atoms with E-state index < -0.39 is 45.2 Å². The summed E-state index contributed by atoms with van der Waals surface area (Å²) in [6.07, 6.45) is -1.58. The highest BCUT2D eigenvalue weighted by Gasteiger charge is 2.72. The molecule has 23 heavy (non-hydrogen) atoms. The number of carbonyl (C=O) groups excluding carboxylic acids is 2. The van der Waals surface area contributed by atoms with Crippen molar-refractivity contribution in [3.8, 4) is 0 Å². The molecule has 0 aromatic carbocycles. The quantitative estimate of drug-likeness (QED) is 0.665. The van der Waals surface area contributed by atoms with Crippen molar-refractivity contribution in [2.24, 2.45) is 0 Å². The molecule has 0 bridgehead atoms. The van der Waals surface area contributed by atoms with Crippen LogP contribution >= 0.6 is 0 Å². The van der Waals surface area contributed by atoms with E-state index in [0.29, 0.717) is 10.7 Å². The van der Waals surface area contributed by atoms with Gasteiger partial charge in [-0.1, -0.05) is 0 Å². The predicted molar refractivity (Wildman–Crippen MR) is 79.7 cm³/mol. The predicted octanol–water partition coefficient (Wildman–Crippen LogP) is 1.74. The number of hydrogen-bond donors (Lipinski definition) is 0. The first-order chi connectivity index (χ1) is 10.2. The van der Waals surface area contributed by atoms with Crippen LogP contribution in [-0.2, 0) is 28.8 Å². The fourth-order valence-corrected chi connectivity index (χ4v) is 4.06. The number of rotatable bonds is 1. The largest absolute Gasteiger partial charge is 0.458 e. The summed E-state index contributed by atoms with van der Waals surface area (Å²) in [6, 6.07) is 0. The topological polar surface area (TPSA) is 99.2 Å². The second kappa shape index (κ2) is 5.07. The van der Waals surface area contributed by atoms with Crippen molar-refractivity contribution >= 4 is 22.4 Å². The Kier molecular flexibility index (Phi) is 3.97. The maximum Gasteiger partial charge on any atom is 0.427 e. The Morgan fingerprint density at radius 1 is 1.09 bits per heavy atom. The average Bonchev–Trinajstić information content (AvgIpc) is 2.41. The lowest BCUT2D eigenvalue weighted by molar-refractivity contribution is -0.176. The van der Waals surface area contributed by atoms with Crippen molar-refractivity contribution in [2.75, 3.05) is 0 Å². The summed E-state index contributed by atoms with van der Waals surface area (Å²) in [5.74, 6) is -0.798. The summed E-state index contributed by atoms with van der Waals surface area (Å²) in [5.41, 5.74) is -3.41. The van der Waals surface area contributed by atoms with E-state index in [1.54, 1.807) is 41.5 Å². The third-order valence-corrected chi connectivity index (χ3v) is 4.85. The number of esters is 1. The number of carbonyl (C=O) groups is 2. The zero-order valence-corrected chi connectivity index (χ0v) is 15.0. The standard InChI is InChI=1S/C14H23NO7S/c1-12(2,3)20-10(16)14-8-7-9(14)22-23(18,19)15(14)11(17)21-13(4,5)6/h9H,7-8H2,1-6H3/t9?,14-/m0/s1. The molecular formula is C14H23NO7S. The number of hydrogen-bond acceptors (Lipinski definition) is 7. The fraction of sp³-hybridized carbons (Fsp3) is 0.857. The Balaban J connectivity index is 2.40. The zero-order chi connectivity index (χ0) is 17.8. The van der Waals surface area contributed by atoms with Crippen LogP contribution in [0.5, 0.6) is 0 Å². The first-order valence-corrected chi connectivity index (χ1v) is 8.76. The SMILES string of the molecule is CC(C)(C)OC(=O)N1[C@@]2(C(=O)OC(C)(C)C)CCC2OS1(=O)=O. The normalized spacial score (nSPS) is 29.5. The van der Waals surface area contributed by atoms with E-state index in [1.807, 2.05) is 0 Å². The van der Waals surface area contributed by atoms with E-state index in [1.165, 1.54) is 0 Å². The summed E-state index contributed by atoms with van der Waals surface area (Å²) in [7, 11) is -4.40. The summed E-state index contributed by atoms with van der Waals surface area (Å²) in [4.78, 5) is 25.0. The molecule has 2 fully saturated rings. The van der Waals surface area contributed by atoms with Gasteiger partial charge in [-0.05, 0) is 54.4 Å². The molecule has 2 atom stereocenters. The van der Waals surface area contributed by atoms with Crippen molar-refractivity contribution < 1.29 is 31.7 Å². The molecule has 2 aliphatic rings. The van der Waals surface area contributed by atoms with E-state index in [-0.39, 0.29) is 6.42 Å². The molecule has 9 heteroatoms. The highest BCUT2D eigenvalue weighted by molar-refractivity contribution is 7.85. The minimum Gasteiger partial charge on any atom is -0.458 e. The van der Waals surface area contributed by atoms with E-state index in [2.05, 4.69) is 0 Å². The van der Waals surface area contributed by atoms with Crippen molar-refractivity contribution in [2.45, 2.75) is 77.2 Å². The summed E-state index contributed by atoms with van der Waals surface area (Å²) in [6.45, 7) is 9.80. The van der Waals surface area contributed by atoms with Crippen LogP contribution in [0.1, 0.15) is 54.4 Å². The smallest absolute Gasteiger partial charge is 0.427 e. The molecule has 1 saturated heterocycles. The number of nitrogens with zero attached hydrogens (tertiary/aromatic N) is 1. The Morgan fingerprint density at radius 3 is 2.00 bits per heavy atom. The van der Waals surface area contributed by atoms with E-state index in [4.69, 9.17) is 13.7 Å². The Morgan fingerprint density at radius 2 is 1.61 bits per heavy atom. The second-order valence-electron chi connectivity index (χ2n) is 7.75. The van der Waals surface area contributed by atoms with Crippen LogP contribution in [0.4, 0.5) is 4.79 Å². The van der Waals surface area contributed by atoms with Crippen LogP contribution in [0.15, 0.2) is 0 Å². The molecule has 0 aromatic heterocycles. The van der Waals surface area contributed by atoms with Gasteiger partial charge in [0.2, 0.25) is 0 Å². The van der Waals surface area contributed by atoms with Gasteiger partial charge in [-0.3, -0.25) is 0 Å². The lowest BCUT2D eigenvalue weighted by Crippen LogP contribution is -2.66. The Labute approximate surface area is 136 Å². The van der Waals surface area contributed by atoms with E-state index in [9.17, 15) is 18.0 Å². The second-order valence-corrected chi connectivity index (χ2v) is 9.17. The van der Waals surface area contributed by atoms with Gasteiger partial charge in [0.05, 0.1) is 0 Å². The number of fused-ring (bicyclic) bond motifs is 1. The van der Waals surface area contributed by atoms with E-state index >= 15 is 0 Å². The zero-order valence-electron chi connectivity index (χ0n) is 14.2. The average molecular weight is 349 g/mol. The van der Waals surface area contributed by atoms with Gasteiger partial charge < -0.3 is 9.47 Å². The van der Waals surface area contributed by atoms with Gasteiger partial charge in [0.25, 0.3) is 0 Å². The lowest BCUT2D eigenvalue weighted by Gasteiger charge is -2.43. The maximum absolute atomic E-state index is 12.6. The highest BCUT2D eigenvalue weighted by atomic mass is 32.2. The van der Waals surface area contributed by atoms with Crippen molar-refractivity contribution in [1.82, 2.24) is 4.31 Å². The molecule has 1 heterocycles. The van der Waals surface area contributed by atoms with Crippen LogP contribution in [0.2, 0.25) is 0 Å². The third kappa shape index (κ3) is 3.16. The minimum atomic E-state index is -4.40.